The van der Waals surface area contributed by atoms with Crippen LogP contribution in [0.1, 0.15) is 49.4 Å². The van der Waals surface area contributed by atoms with E-state index in [9.17, 15) is 4.79 Å². The first kappa shape index (κ1) is 19.1. The van der Waals surface area contributed by atoms with E-state index in [0.717, 1.165) is 38.2 Å². The van der Waals surface area contributed by atoms with Gasteiger partial charge in [-0.3, -0.25) is 4.79 Å². The summed E-state index contributed by atoms with van der Waals surface area (Å²) < 4.78 is 0. The number of rotatable bonds is 7. The average molecular weight is 367 g/mol. The van der Waals surface area contributed by atoms with Crippen LogP contribution in [0.4, 0.5) is 17.3 Å². The van der Waals surface area contributed by atoms with Gasteiger partial charge in [0.25, 0.3) is 5.91 Å². The van der Waals surface area contributed by atoms with Gasteiger partial charge < -0.3 is 15.1 Å². The number of nitrogens with one attached hydrogen (secondary N) is 1. The second-order valence-corrected chi connectivity index (χ2v) is 7.10. The number of anilines is 3. The maximum Gasteiger partial charge on any atom is 0.256 e. The molecular formula is C21H29N5O. The van der Waals surface area contributed by atoms with E-state index in [1.54, 1.807) is 17.3 Å². The summed E-state index contributed by atoms with van der Waals surface area (Å²) >= 11 is 0. The minimum Gasteiger partial charge on any atom is -0.372 e. The molecule has 0 bridgehead atoms. The van der Waals surface area contributed by atoms with Crippen molar-refractivity contribution in [2.75, 3.05) is 36.9 Å². The molecule has 3 rings (SSSR count). The number of carbonyl (C=O) groups excluding carboxylic acids is 1. The lowest BCUT2D eigenvalue weighted by Crippen LogP contribution is -2.29. The summed E-state index contributed by atoms with van der Waals surface area (Å²) in [5.41, 5.74) is 2.71. The highest BCUT2D eigenvalue weighted by molar-refractivity contribution is 5.93. The number of amides is 1. The standard InChI is InChI=1S/C21H29N5O/c1-3-4-12-25(2)20(27)17-15-22-21(23-16-17)24-18-8-10-19(11-9-18)26-13-6-5-7-14-26/h8-11,15-16H,3-7,12-14H2,1-2H3,(H,22,23,24). The second kappa shape index (κ2) is 9.35. The molecule has 1 aromatic heterocycles. The second-order valence-electron chi connectivity index (χ2n) is 7.10. The largest absolute Gasteiger partial charge is 0.372 e. The predicted molar refractivity (Wildman–Crippen MR) is 110 cm³/mol. The van der Waals surface area contributed by atoms with Crippen LogP contribution < -0.4 is 10.2 Å². The molecule has 6 nitrogen and oxygen atoms in total. The van der Waals surface area contributed by atoms with Gasteiger partial charge in [0.2, 0.25) is 5.95 Å². The van der Waals surface area contributed by atoms with Crippen LogP contribution in [0.25, 0.3) is 0 Å². The van der Waals surface area contributed by atoms with Gasteiger partial charge in [-0.05, 0) is 49.9 Å². The van der Waals surface area contributed by atoms with Gasteiger partial charge in [0.15, 0.2) is 0 Å². The number of hydrogen-bond donors (Lipinski definition) is 1. The van der Waals surface area contributed by atoms with Gasteiger partial charge >= 0.3 is 0 Å². The fourth-order valence-electron chi connectivity index (χ4n) is 3.26. The molecule has 0 radical (unpaired) electrons. The Bertz CT molecular complexity index is 723. The normalized spacial score (nSPS) is 14.1. The first-order valence-electron chi connectivity index (χ1n) is 9.87. The number of hydrogen-bond acceptors (Lipinski definition) is 5. The molecular weight excluding hydrogens is 338 g/mol. The maximum absolute atomic E-state index is 12.3. The van der Waals surface area contributed by atoms with Crippen LogP contribution in [0.5, 0.6) is 0 Å². The van der Waals surface area contributed by atoms with E-state index in [-0.39, 0.29) is 5.91 Å². The number of benzene rings is 1. The Hall–Kier alpha value is -2.63. The molecule has 1 aliphatic heterocycles. The van der Waals surface area contributed by atoms with Gasteiger partial charge in [-0.2, -0.15) is 0 Å². The molecule has 1 aromatic carbocycles. The summed E-state index contributed by atoms with van der Waals surface area (Å²) in [6.07, 6.45) is 9.10. The zero-order chi connectivity index (χ0) is 19.1. The Kier molecular flexibility index (Phi) is 6.63. The van der Waals surface area contributed by atoms with E-state index in [1.807, 2.05) is 19.2 Å². The van der Waals surface area contributed by atoms with E-state index in [1.165, 1.54) is 24.9 Å². The van der Waals surface area contributed by atoms with E-state index < -0.39 is 0 Å². The lowest BCUT2D eigenvalue weighted by molar-refractivity contribution is 0.0792. The van der Waals surface area contributed by atoms with Crippen LogP contribution >= 0.6 is 0 Å². The van der Waals surface area contributed by atoms with Crippen LogP contribution in [-0.4, -0.2) is 47.5 Å². The SMILES string of the molecule is CCCCN(C)C(=O)c1cnc(Nc2ccc(N3CCCCC3)cc2)nc1. The third-order valence-corrected chi connectivity index (χ3v) is 4.94. The third kappa shape index (κ3) is 5.18. The van der Waals surface area contributed by atoms with Crippen molar-refractivity contribution in [3.8, 4) is 0 Å². The Morgan fingerprint density at radius 1 is 1.11 bits per heavy atom. The molecule has 0 unspecified atom stereocenters. The Labute approximate surface area is 161 Å². The molecule has 1 fully saturated rings. The highest BCUT2D eigenvalue weighted by Crippen LogP contribution is 2.22. The minimum atomic E-state index is -0.0408. The first-order valence-corrected chi connectivity index (χ1v) is 9.87. The van der Waals surface area contributed by atoms with E-state index in [2.05, 4.69) is 39.2 Å². The molecule has 1 aliphatic rings. The van der Waals surface area contributed by atoms with E-state index in [4.69, 9.17) is 0 Å². The number of unbranched alkanes of at least 4 members (excludes halogenated alkanes) is 1. The lowest BCUT2D eigenvalue weighted by Gasteiger charge is -2.28. The van der Waals surface area contributed by atoms with Gasteiger partial charge in [-0.25, -0.2) is 9.97 Å². The minimum absolute atomic E-state index is 0.0408. The lowest BCUT2D eigenvalue weighted by atomic mass is 10.1. The molecule has 1 N–H and O–H groups in total. The Balaban J connectivity index is 1.58. The molecule has 0 atom stereocenters. The van der Waals surface area contributed by atoms with E-state index >= 15 is 0 Å². The number of piperidine rings is 1. The van der Waals surface area contributed by atoms with Crippen LogP contribution in [0.2, 0.25) is 0 Å². The number of nitrogens with zero attached hydrogens (tertiary/aromatic N) is 4. The predicted octanol–water partition coefficient (Wildman–Crippen LogP) is 4.08. The molecule has 1 saturated heterocycles. The summed E-state index contributed by atoms with van der Waals surface area (Å²) in [7, 11) is 1.81. The molecule has 2 aromatic rings. The first-order chi connectivity index (χ1) is 13.2. The zero-order valence-electron chi connectivity index (χ0n) is 16.3. The van der Waals surface area contributed by atoms with Crippen molar-refractivity contribution in [3.05, 3.63) is 42.2 Å². The average Bonchev–Trinajstić information content (AvgIpc) is 2.73. The van der Waals surface area contributed by atoms with Crippen molar-refractivity contribution in [1.29, 1.82) is 0 Å². The van der Waals surface area contributed by atoms with Gasteiger partial charge in [0.05, 0.1) is 5.56 Å². The monoisotopic (exact) mass is 367 g/mol. The highest BCUT2D eigenvalue weighted by atomic mass is 16.2. The van der Waals surface area contributed by atoms with Crippen molar-refractivity contribution in [2.45, 2.75) is 39.0 Å². The molecule has 27 heavy (non-hydrogen) atoms. The maximum atomic E-state index is 12.3. The fourth-order valence-corrected chi connectivity index (χ4v) is 3.26. The zero-order valence-corrected chi connectivity index (χ0v) is 16.3. The van der Waals surface area contributed by atoms with Crippen LogP contribution in [0.3, 0.4) is 0 Å². The summed E-state index contributed by atoms with van der Waals surface area (Å²) in [5.74, 6) is 0.453. The quantitative estimate of drug-likeness (QED) is 0.799. The fraction of sp³-hybridized carbons (Fsp3) is 0.476. The third-order valence-electron chi connectivity index (χ3n) is 4.94. The van der Waals surface area contributed by atoms with Crippen LogP contribution in [0.15, 0.2) is 36.7 Å². The number of aromatic nitrogens is 2. The molecule has 144 valence electrons. The smallest absolute Gasteiger partial charge is 0.256 e. The van der Waals surface area contributed by atoms with E-state index in [0.29, 0.717) is 11.5 Å². The molecule has 1 amide bonds. The highest BCUT2D eigenvalue weighted by Gasteiger charge is 2.13. The van der Waals surface area contributed by atoms with Gasteiger partial charge in [-0.15, -0.1) is 0 Å². The van der Waals surface area contributed by atoms with Crippen molar-refractivity contribution < 1.29 is 4.79 Å². The Morgan fingerprint density at radius 3 is 2.41 bits per heavy atom. The topological polar surface area (TPSA) is 61.4 Å². The van der Waals surface area contributed by atoms with Crippen molar-refractivity contribution in [1.82, 2.24) is 14.9 Å². The van der Waals surface area contributed by atoms with Gasteiger partial charge in [-0.1, -0.05) is 13.3 Å². The summed E-state index contributed by atoms with van der Waals surface area (Å²) in [4.78, 5) is 25.1. The number of carbonyl (C=O) groups is 1. The van der Waals surface area contributed by atoms with Gasteiger partial charge in [0, 0.05) is 50.5 Å². The van der Waals surface area contributed by atoms with Crippen molar-refractivity contribution in [2.24, 2.45) is 0 Å². The summed E-state index contributed by atoms with van der Waals surface area (Å²) in [6, 6.07) is 8.36. The summed E-state index contributed by atoms with van der Waals surface area (Å²) in [6.45, 7) is 5.13. The van der Waals surface area contributed by atoms with Crippen molar-refractivity contribution in [3.63, 3.8) is 0 Å². The summed E-state index contributed by atoms with van der Waals surface area (Å²) in [5, 5.41) is 3.20. The van der Waals surface area contributed by atoms with Crippen molar-refractivity contribution >= 4 is 23.2 Å². The van der Waals surface area contributed by atoms with Crippen LogP contribution in [-0.2, 0) is 0 Å². The molecule has 0 spiro atoms. The molecule has 6 heteroatoms. The molecule has 0 aliphatic carbocycles. The Morgan fingerprint density at radius 2 is 1.78 bits per heavy atom. The van der Waals surface area contributed by atoms with Gasteiger partial charge in [0.1, 0.15) is 0 Å². The molecule has 0 saturated carbocycles. The molecule has 2 heterocycles. The van der Waals surface area contributed by atoms with Crippen LogP contribution in [0, 0.1) is 0 Å².